The number of nitrogens with two attached hydrogens (primary N) is 1. The third kappa shape index (κ3) is 4.50. The quantitative estimate of drug-likeness (QED) is 0.495. The van der Waals surface area contributed by atoms with Crippen molar-refractivity contribution < 1.29 is 9.66 Å². The average Bonchev–Trinajstić information content (AvgIpc) is 3.12. The van der Waals surface area contributed by atoms with Gasteiger partial charge >= 0.3 is 5.69 Å². The highest BCUT2D eigenvalue weighted by atomic mass is 35.5. The Morgan fingerprint density at radius 1 is 1.31 bits per heavy atom. The maximum Gasteiger partial charge on any atom is 0.353 e. The molecule has 0 aliphatic carbocycles. The molecule has 1 atom stereocenters. The van der Waals surface area contributed by atoms with Gasteiger partial charge in [-0.05, 0) is 30.5 Å². The van der Waals surface area contributed by atoms with Gasteiger partial charge in [0.05, 0.1) is 11.0 Å². The predicted octanol–water partition coefficient (Wildman–Crippen LogP) is 2.82. The van der Waals surface area contributed by atoms with Crippen LogP contribution < -0.4 is 16.4 Å². The summed E-state index contributed by atoms with van der Waals surface area (Å²) in [6, 6.07) is 7.28. The number of nitrogens with one attached hydrogen (secondary N) is 2. The second-order valence-electron chi connectivity index (χ2n) is 5.88. The van der Waals surface area contributed by atoms with Crippen molar-refractivity contribution in [1.82, 2.24) is 9.97 Å². The molecule has 0 radical (unpaired) electrons. The lowest BCUT2D eigenvalue weighted by molar-refractivity contribution is -0.383. The van der Waals surface area contributed by atoms with Crippen LogP contribution in [0, 0.1) is 10.1 Å². The van der Waals surface area contributed by atoms with Gasteiger partial charge in [-0.25, -0.2) is 0 Å². The summed E-state index contributed by atoms with van der Waals surface area (Å²) in [4.78, 5) is 18.9. The number of hydrogen-bond acceptors (Lipinski definition) is 8. The number of rotatable bonds is 7. The van der Waals surface area contributed by atoms with Crippen LogP contribution in [0.25, 0.3) is 0 Å². The maximum atomic E-state index is 11.3. The van der Waals surface area contributed by atoms with E-state index in [1.807, 2.05) is 12.1 Å². The topological polar surface area (TPSA) is 128 Å². The number of anilines is 3. The molecule has 1 aliphatic rings. The molecule has 0 amide bonds. The van der Waals surface area contributed by atoms with E-state index in [0.29, 0.717) is 24.7 Å². The van der Waals surface area contributed by atoms with E-state index in [-0.39, 0.29) is 29.4 Å². The second kappa shape index (κ2) is 8.15. The van der Waals surface area contributed by atoms with Gasteiger partial charge in [0.1, 0.15) is 0 Å². The van der Waals surface area contributed by atoms with E-state index in [1.54, 1.807) is 12.1 Å². The lowest BCUT2D eigenvalue weighted by Gasteiger charge is -2.13. The third-order valence-corrected chi connectivity index (χ3v) is 4.23. The number of nitrogen functional groups attached to an aromatic ring is 1. The fourth-order valence-corrected chi connectivity index (χ4v) is 2.78. The van der Waals surface area contributed by atoms with E-state index in [9.17, 15) is 10.1 Å². The Kier molecular flexibility index (Phi) is 5.69. The van der Waals surface area contributed by atoms with Gasteiger partial charge in [-0.15, -0.1) is 0 Å². The van der Waals surface area contributed by atoms with Crippen molar-refractivity contribution in [3.05, 3.63) is 45.0 Å². The number of halogens is 1. The zero-order valence-electron chi connectivity index (χ0n) is 13.9. The van der Waals surface area contributed by atoms with Crippen molar-refractivity contribution in [2.45, 2.75) is 25.5 Å². The van der Waals surface area contributed by atoms with Gasteiger partial charge in [-0.1, -0.05) is 23.7 Å². The predicted molar refractivity (Wildman–Crippen MR) is 99.3 cm³/mol. The van der Waals surface area contributed by atoms with Crippen LogP contribution in [0.5, 0.6) is 0 Å². The second-order valence-corrected chi connectivity index (χ2v) is 6.32. The van der Waals surface area contributed by atoms with Crippen LogP contribution in [0.2, 0.25) is 5.02 Å². The fourth-order valence-electron chi connectivity index (χ4n) is 2.65. The largest absolute Gasteiger partial charge is 0.378 e. The zero-order valence-corrected chi connectivity index (χ0v) is 14.7. The summed E-state index contributed by atoms with van der Waals surface area (Å²) in [5, 5.41) is 17.9. The van der Waals surface area contributed by atoms with Crippen LogP contribution in [0.1, 0.15) is 18.4 Å². The molecular weight excluding hydrogens is 360 g/mol. The Morgan fingerprint density at radius 2 is 2.08 bits per heavy atom. The Labute approximate surface area is 155 Å². The molecule has 10 heteroatoms. The first-order chi connectivity index (χ1) is 12.5. The summed E-state index contributed by atoms with van der Waals surface area (Å²) in [6.07, 6.45) is 1.90. The van der Waals surface area contributed by atoms with Gasteiger partial charge < -0.3 is 21.1 Å². The lowest BCUT2D eigenvalue weighted by atomic mass is 10.2. The SMILES string of the molecule is Nc1nc(NCc2ccc(Cl)cc2)nc(NC[C@@H]2CCCO2)c1[N+](=O)[O-]. The fraction of sp³-hybridized carbons (Fsp3) is 0.375. The van der Waals surface area contributed by atoms with E-state index in [4.69, 9.17) is 22.1 Å². The Balaban J connectivity index is 1.74. The van der Waals surface area contributed by atoms with Crippen LogP contribution in [-0.2, 0) is 11.3 Å². The standard InChI is InChI=1S/C16H19ClN6O3/c17-11-5-3-10(4-6-11)8-20-16-21-14(18)13(23(24)25)15(22-16)19-9-12-2-1-7-26-12/h3-6,12H,1-2,7-9H2,(H4,18,19,20,21,22)/t12-/m0/s1. The van der Waals surface area contributed by atoms with Crippen LogP contribution in [0.3, 0.4) is 0 Å². The normalized spacial score (nSPS) is 16.4. The number of hydrogen-bond donors (Lipinski definition) is 3. The lowest BCUT2D eigenvalue weighted by Crippen LogP contribution is -2.20. The summed E-state index contributed by atoms with van der Waals surface area (Å²) >= 11 is 5.86. The van der Waals surface area contributed by atoms with Gasteiger partial charge in [0.25, 0.3) is 0 Å². The molecular formula is C16H19ClN6O3. The smallest absolute Gasteiger partial charge is 0.353 e. The third-order valence-electron chi connectivity index (χ3n) is 3.98. The first-order valence-electron chi connectivity index (χ1n) is 8.18. The summed E-state index contributed by atoms with van der Waals surface area (Å²) in [6.45, 7) is 1.56. The van der Waals surface area contributed by atoms with E-state index in [0.717, 1.165) is 18.4 Å². The van der Waals surface area contributed by atoms with Gasteiger partial charge in [0.15, 0.2) is 0 Å². The molecule has 1 aromatic carbocycles. The van der Waals surface area contributed by atoms with Crippen LogP contribution in [0.4, 0.5) is 23.3 Å². The van der Waals surface area contributed by atoms with Gasteiger partial charge in [0.2, 0.25) is 17.6 Å². The highest BCUT2D eigenvalue weighted by molar-refractivity contribution is 6.30. The van der Waals surface area contributed by atoms with Crippen LogP contribution in [0.15, 0.2) is 24.3 Å². The summed E-state index contributed by atoms with van der Waals surface area (Å²) < 4.78 is 5.52. The van der Waals surface area contributed by atoms with Crippen LogP contribution in [-0.4, -0.2) is 34.1 Å². The van der Waals surface area contributed by atoms with E-state index >= 15 is 0 Å². The highest BCUT2D eigenvalue weighted by Gasteiger charge is 2.24. The first-order valence-corrected chi connectivity index (χ1v) is 8.56. The van der Waals surface area contributed by atoms with E-state index < -0.39 is 4.92 Å². The number of benzene rings is 1. The molecule has 1 aliphatic heterocycles. The average molecular weight is 379 g/mol. The monoisotopic (exact) mass is 378 g/mol. The summed E-state index contributed by atoms with van der Waals surface area (Å²) in [5.74, 6) is 0.0907. The van der Waals surface area contributed by atoms with Crippen molar-refractivity contribution in [3.8, 4) is 0 Å². The van der Waals surface area contributed by atoms with Crippen molar-refractivity contribution >= 4 is 34.9 Å². The Bertz CT molecular complexity index is 780. The van der Waals surface area contributed by atoms with Crippen LogP contribution >= 0.6 is 11.6 Å². The van der Waals surface area contributed by atoms with Crippen molar-refractivity contribution in [1.29, 1.82) is 0 Å². The molecule has 2 heterocycles. The minimum atomic E-state index is -0.587. The molecule has 3 rings (SSSR count). The first kappa shape index (κ1) is 18.2. The Hall–Kier alpha value is -2.65. The number of aromatic nitrogens is 2. The number of nitrogens with zero attached hydrogens (tertiary/aromatic N) is 3. The van der Waals surface area contributed by atoms with Crippen molar-refractivity contribution in [3.63, 3.8) is 0 Å². The zero-order chi connectivity index (χ0) is 18.5. The molecule has 0 saturated carbocycles. The molecule has 2 aromatic rings. The maximum absolute atomic E-state index is 11.3. The summed E-state index contributed by atoms with van der Waals surface area (Å²) in [7, 11) is 0. The summed E-state index contributed by atoms with van der Waals surface area (Å²) in [5.41, 5.74) is 6.40. The molecule has 0 bridgehead atoms. The van der Waals surface area contributed by atoms with E-state index in [2.05, 4.69) is 20.6 Å². The van der Waals surface area contributed by atoms with Crippen molar-refractivity contribution in [2.75, 3.05) is 29.5 Å². The molecule has 138 valence electrons. The minimum absolute atomic E-state index is 0.0104. The van der Waals surface area contributed by atoms with Crippen molar-refractivity contribution in [2.24, 2.45) is 0 Å². The molecule has 4 N–H and O–H groups in total. The molecule has 1 aromatic heterocycles. The molecule has 0 spiro atoms. The highest BCUT2D eigenvalue weighted by Crippen LogP contribution is 2.29. The Morgan fingerprint density at radius 3 is 2.73 bits per heavy atom. The van der Waals surface area contributed by atoms with E-state index in [1.165, 1.54) is 0 Å². The number of nitro groups is 1. The molecule has 26 heavy (non-hydrogen) atoms. The molecule has 1 saturated heterocycles. The van der Waals surface area contributed by atoms with Gasteiger partial charge in [0, 0.05) is 24.7 Å². The van der Waals surface area contributed by atoms with Gasteiger partial charge in [-0.2, -0.15) is 9.97 Å². The molecule has 0 unspecified atom stereocenters. The van der Waals surface area contributed by atoms with Gasteiger partial charge in [-0.3, -0.25) is 10.1 Å². The number of ether oxygens (including phenoxy) is 1. The molecule has 1 fully saturated rings. The minimum Gasteiger partial charge on any atom is -0.378 e. The molecule has 9 nitrogen and oxygen atoms in total.